The Bertz CT molecular complexity index is 888. The third-order valence-electron chi connectivity index (χ3n) is 4.43. The van der Waals surface area contributed by atoms with Crippen LogP contribution >= 0.6 is 11.6 Å². The van der Waals surface area contributed by atoms with Crippen molar-refractivity contribution in [1.82, 2.24) is 5.32 Å². The standard InChI is InChI=1S/C21H24ClN3O5/c1-3-17(21(27)23-13-20(26)30-4-2)24(14-15-9-11-16(22)12-10-15)18-7-5-6-8-19(18)25(28)29/h5-12,17H,3-4,13-14H2,1-2H3,(H,23,27). The van der Waals surface area contributed by atoms with Gasteiger partial charge in [-0.05, 0) is 37.1 Å². The number of nitro benzene ring substituents is 1. The van der Waals surface area contributed by atoms with E-state index in [4.69, 9.17) is 16.3 Å². The van der Waals surface area contributed by atoms with Crippen molar-refractivity contribution in [2.45, 2.75) is 32.9 Å². The number of esters is 1. The lowest BCUT2D eigenvalue weighted by Gasteiger charge is -2.32. The third-order valence-corrected chi connectivity index (χ3v) is 4.68. The van der Waals surface area contributed by atoms with Crippen molar-refractivity contribution in [3.63, 3.8) is 0 Å². The molecule has 0 aliphatic rings. The first kappa shape index (κ1) is 23.2. The molecule has 0 radical (unpaired) electrons. The molecule has 0 aromatic heterocycles. The van der Waals surface area contributed by atoms with Crippen LogP contribution in [0.3, 0.4) is 0 Å². The van der Waals surface area contributed by atoms with Gasteiger partial charge in [-0.1, -0.05) is 42.8 Å². The van der Waals surface area contributed by atoms with Crippen LogP contribution in [0.25, 0.3) is 0 Å². The highest BCUT2D eigenvalue weighted by Gasteiger charge is 2.29. The Hall–Kier alpha value is -3.13. The fraction of sp³-hybridized carbons (Fsp3) is 0.333. The molecule has 160 valence electrons. The van der Waals surface area contributed by atoms with Gasteiger partial charge in [-0.3, -0.25) is 19.7 Å². The van der Waals surface area contributed by atoms with Crippen molar-refractivity contribution in [2.75, 3.05) is 18.1 Å². The molecular formula is C21H24ClN3O5. The zero-order valence-electron chi connectivity index (χ0n) is 16.8. The normalized spacial score (nSPS) is 11.4. The van der Waals surface area contributed by atoms with Gasteiger partial charge in [0.15, 0.2) is 0 Å². The van der Waals surface area contributed by atoms with Gasteiger partial charge in [0.05, 0.1) is 11.5 Å². The van der Waals surface area contributed by atoms with Gasteiger partial charge < -0.3 is 15.0 Å². The predicted octanol–water partition coefficient (Wildman–Crippen LogP) is 3.71. The topological polar surface area (TPSA) is 102 Å². The van der Waals surface area contributed by atoms with E-state index in [2.05, 4.69) is 5.32 Å². The molecule has 0 spiro atoms. The number of rotatable bonds is 10. The average molecular weight is 434 g/mol. The number of amides is 1. The van der Waals surface area contributed by atoms with Crippen molar-refractivity contribution < 1.29 is 19.2 Å². The molecule has 1 unspecified atom stereocenters. The molecule has 1 amide bonds. The highest BCUT2D eigenvalue weighted by molar-refractivity contribution is 6.30. The van der Waals surface area contributed by atoms with Gasteiger partial charge >= 0.3 is 5.97 Å². The Morgan fingerprint density at radius 1 is 1.17 bits per heavy atom. The van der Waals surface area contributed by atoms with E-state index >= 15 is 0 Å². The number of ether oxygens (including phenoxy) is 1. The number of carbonyl (C=O) groups is 2. The number of nitro groups is 1. The summed E-state index contributed by atoms with van der Waals surface area (Å²) in [6.07, 6.45) is 0.369. The highest BCUT2D eigenvalue weighted by Crippen LogP contribution is 2.31. The Morgan fingerprint density at radius 2 is 1.83 bits per heavy atom. The number of halogens is 1. The number of carbonyl (C=O) groups excluding carboxylic acids is 2. The number of hydrogen-bond donors (Lipinski definition) is 1. The Balaban J connectivity index is 2.38. The molecule has 2 aromatic carbocycles. The molecule has 1 N–H and O–H groups in total. The summed E-state index contributed by atoms with van der Waals surface area (Å²) in [4.78, 5) is 37.3. The summed E-state index contributed by atoms with van der Waals surface area (Å²) < 4.78 is 4.84. The van der Waals surface area contributed by atoms with Crippen LogP contribution in [0, 0.1) is 10.1 Å². The van der Waals surface area contributed by atoms with Crippen LogP contribution in [0.15, 0.2) is 48.5 Å². The molecule has 2 aromatic rings. The molecule has 9 heteroatoms. The molecule has 0 aliphatic carbocycles. The molecule has 0 saturated carbocycles. The van der Waals surface area contributed by atoms with Gasteiger partial charge in [0.2, 0.25) is 5.91 Å². The summed E-state index contributed by atoms with van der Waals surface area (Å²) >= 11 is 5.96. The van der Waals surface area contributed by atoms with Gasteiger partial charge in [-0.2, -0.15) is 0 Å². The van der Waals surface area contributed by atoms with E-state index in [0.29, 0.717) is 17.1 Å². The summed E-state index contributed by atoms with van der Waals surface area (Å²) in [6.45, 7) is 3.67. The molecule has 0 aliphatic heterocycles. The van der Waals surface area contributed by atoms with Gasteiger partial charge in [-0.15, -0.1) is 0 Å². The van der Waals surface area contributed by atoms with Crippen LogP contribution in [0.5, 0.6) is 0 Å². The largest absolute Gasteiger partial charge is 0.465 e. The van der Waals surface area contributed by atoms with Crippen LogP contribution in [-0.4, -0.2) is 36.0 Å². The van der Waals surface area contributed by atoms with E-state index in [1.54, 1.807) is 61.2 Å². The summed E-state index contributed by atoms with van der Waals surface area (Å²) in [5.74, 6) is -0.965. The number of benzene rings is 2. The lowest BCUT2D eigenvalue weighted by atomic mass is 10.1. The van der Waals surface area contributed by atoms with Crippen molar-refractivity contribution in [3.05, 3.63) is 69.2 Å². The van der Waals surface area contributed by atoms with Crippen LogP contribution in [0.1, 0.15) is 25.8 Å². The van der Waals surface area contributed by atoms with Gasteiger partial charge in [0.1, 0.15) is 18.3 Å². The van der Waals surface area contributed by atoms with E-state index in [0.717, 1.165) is 5.56 Å². The molecule has 0 bridgehead atoms. The first-order chi connectivity index (χ1) is 14.4. The number of anilines is 1. The lowest BCUT2D eigenvalue weighted by molar-refractivity contribution is -0.384. The van der Waals surface area contributed by atoms with Gasteiger partial charge in [0.25, 0.3) is 5.69 Å². The summed E-state index contributed by atoms with van der Waals surface area (Å²) in [7, 11) is 0. The van der Waals surface area contributed by atoms with E-state index in [-0.39, 0.29) is 25.4 Å². The van der Waals surface area contributed by atoms with Crippen LogP contribution in [0.4, 0.5) is 11.4 Å². The summed E-state index contributed by atoms with van der Waals surface area (Å²) in [5, 5.41) is 14.7. The smallest absolute Gasteiger partial charge is 0.325 e. The van der Waals surface area contributed by atoms with E-state index in [9.17, 15) is 19.7 Å². The summed E-state index contributed by atoms with van der Waals surface area (Å²) in [5.41, 5.74) is 1.04. The minimum Gasteiger partial charge on any atom is -0.465 e. The van der Waals surface area contributed by atoms with Crippen molar-refractivity contribution in [3.8, 4) is 0 Å². The number of para-hydroxylation sites is 2. The van der Waals surface area contributed by atoms with Crippen molar-refractivity contribution in [1.29, 1.82) is 0 Å². The molecule has 0 fully saturated rings. The molecule has 1 atom stereocenters. The number of nitrogens with one attached hydrogen (secondary N) is 1. The van der Waals surface area contributed by atoms with Crippen molar-refractivity contribution >= 4 is 34.9 Å². The molecule has 2 rings (SSSR count). The molecule has 30 heavy (non-hydrogen) atoms. The minimum atomic E-state index is -0.740. The maximum Gasteiger partial charge on any atom is 0.325 e. The van der Waals surface area contributed by atoms with Crippen LogP contribution in [-0.2, 0) is 20.9 Å². The van der Waals surface area contributed by atoms with Crippen LogP contribution < -0.4 is 10.2 Å². The second-order valence-corrected chi connectivity index (χ2v) is 6.88. The maximum absolute atomic E-state index is 12.9. The fourth-order valence-corrected chi connectivity index (χ4v) is 3.17. The predicted molar refractivity (Wildman–Crippen MR) is 114 cm³/mol. The monoisotopic (exact) mass is 433 g/mol. The number of hydrogen-bond acceptors (Lipinski definition) is 6. The lowest BCUT2D eigenvalue weighted by Crippen LogP contribution is -2.48. The summed E-state index contributed by atoms with van der Waals surface area (Å²) in [6, 6.07) is 12.6. The zero-order valence-corrected chi connectivity index (χ0v) is 17.6. The van der Waals surface area contributed by atoms with E-state index < -0.39 is 22.8 Å². The Labute approximate surface area is 179 Å². The average Bonchev–Trinajstić information content (AvgIpc) is 2.73. The first-order valence-electron chi connectivity index (χ1n) is 9.55. The first-order valence-corrected chi connectivity index (χ1v) is 9.93. The zero-order chi connectivity index (χ0) is 22.1. The van der Waals surface area contributed by atoms with Gasteiger partial charge in [-0.25, -0.2) is 0 Å². The quantitative estimate of drug-likeness (QED) is 0.348. The second kappa shape index (κ2) is 11.2. The molecular weight excluding hydrogens is 410 g/mol. The second-order valence-electron chi connectivity index (χ2n) is 6.45. The van der Waals surface area contributed by atoms with Crippen molar-refractivity contribution in [2.24, 2.45) is 0 Å². The molecule has 8 nitrogen and oxygen atoms in total. The van der Waals surface area contributed by atoms with Crippen LogP contribution in [0.2, 0.25) is 5.02 Å². The highest BCUT2D eigenvalue weighted by atomic mass is 35.5. The molecule has 0 saturated heterocycles. The van der Waals surface area contributed by atoms with E-state index in [1.165, 1.54) is 6.07 Å². The fourth-order valence-electron chi connectivity index (χ4n) is 3.05. The molecule has 0 heterocycles. The van der Waals surface area contributed by atoms with Gasteiger partial charge in [0, 0.05) is 17.6 Å². The Kier molecular flexibility index (Phi) is 8.61. The minimum absolute atomic E-state index is 0.108. The maximum atomic E-state index is 12.9. The number of nitrogens with zero attached hydrogens (tertiary/aromatic N) is 2. The SMILES string of the molecule is CCOC(=O)CNC(=O)C(CC)N(Cc1ccc(Cl)cc1)c1ccccc1[N+](=O)[O-]. The Morgan fingerprint density at radius 3 is 2.43 bits per heavy atom. The third kappa shape index (κ3) is 6.18. The van der Waals surface area contributed by atoms with E-state index in [1.807, 2.05) is 0 Å².